The maximum absolute atomic E-state index is 15.8. The van der Waals surface area contributed by atoms with Crippen LogP contribution in [-0.2, 0) is 45.3 Å². The zero-order valence-electron chi connectivity index (χ0n) is 31.8. The summed E-state index contributed by atoms with van der Waals surface area (Å²) in [5.74, 6) is -16.4. The van der Waals surface area contributed by atoms with Crippen LogP contribution in [0.1, 0.15) is 42.0 Å². The minimum atomic E-state index is -5.81. The monoisotopic (exact) mass is 914 g/mol. The van der Waals surface area contributed by atoms with Crippen molar-refractivity contribution in [1.82, 2.24) is 30.0 Å². The highest BCUT2D eigenvalue weighted by molar-refractivity contribution is 7.12. The van der Waals surface area contributed by atoms with Gasteiger partial charge in [-0.1, -0.05) is 10.4 Å². The second-order valence-corrected chi connectivity index (χ2v) is 17.4. The molecule has 4 aromatic heterocycles. The Balaban J connectivity index is 1.08. The molecule has 0 bridgehead atoms. The summed E-state index contributed by atoms with van der Waals surface area (Å²) < 4.78 is 118. The molecule has 0 saturated carbocycles. The smallest absolute Gasteiger partial charge is 0.380 e. The van der Waals surface area contributed by atoms with Gasteiger partial charge in [0.1, 0.15) is 60.2 Å². The van der Waals surface area contributed by atoms with Crippen LogP contribution in [0.4, 0.5) is 26.3 Å². The molecule has 4 aromatic rings. The average molecular weight is 915 g/mol. The summed E-state index contributed by atoms with van der Waals surface area (Å²) in [5.41, 5.74) is -3.79. The van der Waals surface area contributed by atoms with Crippen molar-refractivity contribution in [1.29, 1.82) is 0 Å². The van der Waals surface area contributed by atoms with Gasteiger partial charge in [0, 0.05) is 30.7 Å². The van der Waals surface area contributed by atoms with E-state index < -0.39 is 115 Å². The lowest BCUT2D eigenvalue weighted by molar-refractivity contribution is -0.304. The van der Waals surface area contributed by atoms with Crippen LogP contribution in [0.15, 0.2) is 24.5 Å². The van der Waals surface area contributed by atoms with Gasteiger partial charge in [0.25, 0.3) is 0 Å². The fourth-order valence-electron chi connectivity index (χ4n) is 7.20. The first kappa shape index (κ1) is 45.5. The Morgan fingerprint density at radius 1 is 0.623 bits per heavy atom. The molecule has 3 aliphatic rings. The van der Waals surface area contributed by atoms with Crippen molar-refractivity contribution in [3.63, 3.8) is 0 Å². The average Bonchev–Trinajstić information content (AvgIpc) is 4.03. The fraction of sp³-hybridized carbons (Fsp3) is 0.600. The second kappa shape index (κ2) is 17.2. The number of hydrogen-bond acceptors (Lipinski definition) is 18. The number of ether oxygens (including phenoxy) is 4. The second-order valence-electron chi connectivity index (χ2n) is 14.7. The SMILES string of the molecule is Cc1sc(Cn2cc(CO[C@@H]3O[C@H](CO)[C@H](O)[C@@H](O)[C@H]3O)nn2)cc1C1=C(c2cc(Cn3cc(CO[C@@H]4O[C@H](CO)[C@H](O)[C@@H](O)[C@H]4O)nn3)sc2C)C(F)(F)C(F)(F)C1(F)F. The van der Waals surface area contributed by atoms with Gasteiger partial charge in [0.15, 0.2) is 12.6 Å². The number of hydrogen-bond donors (Lipinski definition) is 8. The molecular weight excluding hydrogens is 875 g/mol. The van der Waals surface area contributed by atoms with E-state index in [2.05, 4.69) is 20.6 Å². The van der Waals surface area contributed by atoms with Crippen LogP contribution in [0.2, 0.25) is 0 Å². The van der Waals surface area contributed by atoms with Crippen molar-refractivity contribution in [2.45, 2.75) is 119 Å². The maximum Gasteiger partial charge on any atom is 0.380 e. The molecule has 18 nitrogen and oxygen atoms in total. The summed E-state index contributed by atoms with van der Waals surface area (Å²) in [7, 11) is 0. The highest BCUT2D eigenvalue weighted by atomic mass is 32.1. The molecule has 336 valence electrons. The van der Waals surface area contributed by atoms with Crippen LogP contribution < -0.4 is 0 Å². The molecule has 7 rings (SSSR count). The third kappa shape index (κ3) is 8.27. The van der Waals surface area contributed by atoms with Crippen LogP contribution in [0, 0.1) is 13.8 Å². The largest absolute Gasteiger partial charge is 0.394 e. The number of allylic oxidation sites excluding steroid dienone is 2. The van der Waals surface area contributed by atoms with Crippen molar-refractivity contribution in [2.75, 3.05) is 13.2 Å². The van der Waals surface area contributed by atoms with Gasteiger partial charge in [-0.3, -0.25) is 0 Å². The first-order valence-corrected chi connectivity index (χ1v) is 20.0. The van der Waals surface area contributed by atoms with E-state index in [4.69, 9.17) is 18.9 Å². The molecule has 0 amide bonds. The topological polar surface area (TPSA) is 260 Å². The molecule has 26 heteroatoms. The lowest BCUT2D eigenvalue weighted by Gasteiger charge is -2.39. The molecule has 61 heavy (non-hydrogen) atoms. The Morgan fingerprint density at radius 2 is 1.00 bits per heavy atom. The molecule has 0 radical (unpaired) electrons. The molecule has 0 spiro atoms. The van der Waals surface area contributed by atoms with E-state index in [0.717, 1.165) is 34.8 Å². The molecule has 2 aliphatic heterocycles. The zero-order valence-corrected chi connectivity index (χ0v) is 33.4. The molecule has 8 N–H and O–H groups in total. The molecule has 2 fully saturated rings. The summed E-state index contributed by atoms with van der Waals surface area (Å²) in [6.45, 7) is 0.296. The number of thiophene rings is 2. The molecular formula is C35H40F6N6O12S2. The van der Waals surface area contributed by atoms with E-state index in [9.17, 15) is 40.9 Å². The van der Waals surface area contributed by atoms with Crippen LogP contribution in [-0.4, -0.2) is 163 Å². The molecule has 10 atom stereocenters. The molecule has 0 aromatic carbocycles. The molecule has 0 unspecified atom stereocenters. The zero-order chi connectivity index (χ0) is 44.3. The number of aromatic nitrogens is 6. The van der Waals surface area contributed by atoms with Gasteiger partial charge in [-0.2, -0.15) is 26.3 Å². The van der Waals surface area contributed by atoms with Crippen molar-refractivity contribution < 1.29 is 86.1 Å². The summed E-state index contributed by atoms with van der Waals surface area (Å²) in [5, 5.41) is 94.7. The standard InChI is InChI=1S/C35H40F6N6O12S2/c1-13-19(3-17(60-13)7-46-5-15(42-44-46)11-56-31-29(54)27(52)25(50)21(9-48)58-31)23-24(34(38,39)35(40,41)33(23,36)37)20-4-18(61-14(20)2)8-47-6-16(43-45-47)12-57-32-30(55)28(53)26(51)22(10-49)59-32/h3-6,21-22,25-32,48-55H,7-12H2,1-2H3/t21-,22-,25+,26+,27-,28-,29-,30-,31-,32-/m1/s1. The first-order valence-electron chi connectivity index (χ1n) is 18.4. The normalized spacial score (nSPS) is 31.0. The highest BCUT2D eigenvalue weighted by Crippen LogP contribution is 2.65. The first-order chi connectivity index (χ1) is 28.7. The van der Waals surface area contributed by atoms with E-state index in [-0.39, 0.29) is 57.2 Å². The van der Waals surface area contributed by atoms with Crippen molar-refractivity contribution >= 4 is 33.8 Å². The summed E-state index contributed by atoms with van der Waals surface area (Å²) in [6, 6.07) is 2.22. The van der Waals surface area contributed by atoms with Crippen LogP contribution >= 0.6 is 22.7 Å². The number of aliphatic hydroxyl groups excluding tert-OH is 8. The van der Waals surface area contributed by atoms with E-state index in [1.54, 1.807) is 0 Å². The van der Waals surface area contributed by atoms with Crippen LogP contribution in [0.25, 0.3) is 11.1 Å². The Kier molecular flexibility index (Phi) is 12.9. The van der Waals surface area contributed by atoms with Gasteiger partial charge in [-0.05, 0) is 37.1 Å². The van der Waals surface area contributed by atoms with E-state index in [0.29, 0.717) is 0 Å². The van der Waals surface area contributed by atoms with Crippen LogP contribution in [0.5, 0.6) is 0 Å². The number of aryl methyl sites for hydroxylation is 2. The predicted octanol–water partition coefficient (Wildman–Crippen LogP) is 0.169. The van der Waals surface area contributed by atoms with Gasteiger partial charge < -0.3 is 59.8 Å². The van der Waals surface area contributed by atoms with Crippen molar-refractivity contribution in [3.05, 3.63) is 66.5 Å². The maximum atomic E-state index is 15.8. The van der Waals surface area contributed by atoms with Gasteiger partial charge in [-0.25, -0.2) is 9.36 Å². The number of halogens is 6. The fourth-order valence-corrected chi connectivity index (χ4v) is 9.28. The minimum absolute atomic E-state index is 0.0381. The predicted molar refractivity (Wildman–Crippen MR) is 195 cm³/mol. The number of alkyl halides is 6. The lowest BCUT2D eigenvalue weighted by Crippen LogP contribution is -2.59. The molecule has 1 aliphatic carbocycles. The van der Waals surface area contributed by atoms with Gasteiger partial charge in [-0.15, -0.1) is 32.9 Å². The molecule has 2 saturated heterocycles. The number of aliphatic hydroxyl groups is 8. The third-order valence-electron chi connectivity index (χ3n) is 10.4. The van der Waals surface area contributed by atoms with Crippen LogP contribution in [0.3, 0.4) is 0 Å². The number of nitrogens with zero attached hydrogens (tertiary/aromatic N) is 6. The Labute approximate surface area is 348 Å². The summed E-state index contributed by atoms with van der Waals surface area (Å²) >= 11 is 1.77. The highest BCUT2D eigenvalue weighted by Gasteiger charge is 2.80. The number of rotatable bonds is 14. The lowest BCUT2D eigenvalue weighted by atomic mass is 9.95. The third-order valence-corrected chi connectivity index (χ3v) is 12.5. The van der Waals surface area contributed by atoms with Gasteiger partial charge in [0.05, 0.1) is 51.9 Å². The quantitative estimate of drug-likeness (QED) is 0.0785. The van der Waals surface area contributed by atoms with E-state index >= 15 is 26.3 Å². The minimum Gasteiger partial charge on any atom is -0.394 e. The summed E-state index contributed by atoms with van der Waals surface area (Å²) in [6.07, 6.45) is -12.6. The molecule has 6 heterocycles. The van der Waals surface area contributed by atoms with Gasteiger partial charge in [0.2, 0.25) is 0 Å². The Bertz CT molecular complexity index is 2070. The van der Waals surface area contributed by atoms with Crippen molar-refractivity contribution in [2.24, 2.45) is 0 Å². The van der Waals surface area contributed by atoms with Gasteiger partial charge >= 0.3 is 17.8 Å². The van der Waals surface area contributed by atoms with E-state index in [1.165, 1.54) is 35.6 Å². The van der Waals surface area contributed by atoms with E-state index in [1.807, 2.05) is 0 Å². The summed E-state index contributed by atoms with van der Waals surface area (Å²) in [4.78, 5) is 0.604. The Morgan fingerprint density at radius 3 is 1.36 bits per heavy atom. The Hall–Kier alpha value is -3.48. The van der Waals surface area contributed by atoms with Crippen molar-refractivity contribution in [3.8, 4) is 0 Å².